The van der Waals surface area contributed by atoms with E-state index in [0.717, 1.165) is 35.3 Å². The molecule has 2 aromatic carbocycles. The van der Waals surface area contributed by atoms with E-state index in [1.807, 2.05) is 18.2 Å². The molecule has 0 unspecified atom stereocenters. The average Bonchev–Trinajstić information content (AvgIpc) is 3.47. The van der Waals surface area contributed by atoms with Gasteiger partial charge in [0.2, 0.25) is 5.95 Å². The first-order valence-corrected chi connectivity index (χ1v) is 9.28. The lowest BCUT2D eigenvalue weighted by Crippen LogP contribution is -2.20. The van der Waals surface area contributed by atoms with Crippen molar-refractivity contribution in [3.05, 3.63) is 66.2 Å². The fourth-order valence-corrected chi connectivity index (χ4v) is 3.06. The largest absolute Gasteiger partial charge is 0.367 e. The second-order valence-corrected chi connectivity index (χ2v) is 6.81. The number of aromatic nitrogens is 2. The van der Waals surface area contributed by atoms with E-state index in [9.17, 15) is 0 Å². The molecule has 0 aliphatic heterocycles. The fraction of sp³-hybridized carbons (Fsp3) is 0.273. The maximum atomic E-state index is 4.88. The molecule has 26 heavy (non-hydrogen) atoms. The molecule has 1 N–H and O–H groups in total. The van der Waals surface area contributed by atoms with Gasteiger partial charge >= 0.3 is 0 Å². The van der Waals surface area contributed by atoms with Gasteiger partial charge in [0.15, 0.2) is 0 Å². The topological polar surface area (TPSA) is 41.1 Å². The molecule has 1 aliphatic rings. The minimum absolute atomic E-state index is 0.551. The number of nitrogens with zero attached hydrogens (tertiary/aromatic N) is 3. The molecule has 4 nitrogen and oxygen atoms in total. The third-order valence-electron chi connectivity index (χ3n) is 4.58. The highest BCUT2D eigenvalue weighted by molar-refractivity contribution is 5.67. The van der Waals surface area contributed by atoms with Gasteiger partial charge in [0.25, 0.3) is 0 Å². The van der Waals surface area contributed by atoms with Crippen LogP contribution >= 0.6 is 0 Å². The molecule has 1 aliphatic carbocycles. The van der Waals surface area contributed by atoms with Crippen molar-refractivity contribution in [1.29, 1.82) is 0 Å². The van der Waals surface area contributed by atoms with E-state index < -0.39 is 0 Å². The maximum absolute atomic E-state index is 4.88. The summed E-state index contributed by atoms with van der Waals surface area (Å²) >= 11 is 0. The first-order chi connectivity index (χ1) is 12.7. The molecule has 0 saturated heterocycles. The first kappa shape index (κ1) is 16.6. The normalized spacial score (nSPS) is 13.5. The van der Waals surface area contributed by atoms with Gasteiger partial charge in [0.1, 0.15) is 5.82 Å². The van der Waals surface area contributed by atoms with Gasteiger partial charge in [-0.15, -0.1) is 0 Å². The molecule has 0 amide bonds. The summed E-state index contributed by atoms with van der Waals surface area (Å²) in [5.41, 5.74) is 4.41. The molecule has 0 atom stereocenters. The lowest BCUT2D eigenvalue weighted by molar-refractivity contribution is 0.943. The van der Waals surface area contributed by atoms with Crippen LogP contribution in [0.25, 0.3) is 11.3 Å². The van der Waals surface area contributed by atoms with E-state index in [1.165, 1.54) is 18.4 Å². The molecular formula is C22H24N4. The molecule has 3 aromatic rings. The van der Waals surface area contributed by atoms with Crippen molar-refractivity contribution in [2.24, 2.45) is 0 Å². The van der Waals surface area contributed by atoms with E-state index in [0.29, 0.717) is 6.04 Å². The van der Waals surface area contributed by atoms with E-state index in [-0.39, 0.29) is 0 Å². The van der Waals surface area contributed by atoms with Crippen molar-refractivity contribution >= 4 is 17.5 Å². The average molecular weight is 344 g/mol. The molecule has 4 heteroatoms. The van der Waals surface area contributed by atoms with E-state index in [4.69, 9.17) is 9.97 Å². The third-order valence-corrected chi connectivity index (χ3v) is 4.58. The molecule has 1 fully saturated rings. The number of nitrogens with one attached hydrogen (secondary N) is 1. The quantitative estimate of drug-likeness (QED) is 0.668. The molecule has 0 spiro atoms. The predicted octanol–water partition coefficient (Wildman–Crippen LogP) is 5.18. The van der Waals surface area contributed by atoms with Crippen LogP contribution in [-0.2, 0) is 0 Å². The molecule has 4 rings (SSSR count). The van der Waals surface area contributed by atoms with Gasteiger partial charge < -0.3 is 10.2 Å². The number of rotatable bonds is 6. The zero-order chi connectivity index (χ0) is 17.9. The van der Waals surface area contributed by atoms with Crippen LogP contribution < -0.4 is 10.2 Å². The number of benzene rings is 2. The van der Waals surface area contributed by atoms with Gasteiger partial charge in [-0.1, -0.05) is 42.5 Å². The monoisotopic (exact) mass is 344 g/mol. The Morgan fingerprint density at radius 2 is 1.81 bits per heavy atom. The van der Waals surface area contributed by atoms with Crippen LogP contribution in [0.5, 0.6) is 0 Å². The summed E-state index contributed by atoms with van der Waals surface area (Å²) < 4.78 is 0. The van der Waals surface area contributed by atoms with Gasteiger partial charge in [-0.3, -0.25) is 0 Å². The highest BCUT2D eigenvalue weighted by Crippen LogP contribution is 2.30. The second-order valence-electron chi connectivity index (χ2n) is 6.81. The van der Waals surface area contributed by atoms with Crippen LogP contribution in [0.3, 0.4) is 0 Å². The van der Waals surface area contributed by atoms with E-state index in [1.54, 1.807) is 0 Å². The minimum Gasteiger partial charge on any atom is -0.367 e. The van der Waals surface area contributed by atoms with Gasteiger partial charge in [-0.05, 0) is 44.4 Å². The molecule has 1 aromatic heterocycles. The summed E-state index contributed by atoms with van der Waals surface area (Å²) in [6, 6.07) is 21.4. The van der Waals surface area contributed by atoms with Crippen LogP contribution in [0.15, 0.2) is 60.7 Å². The number of hydrogen-bond donors (Lipinski definition) is 1. The van der Waals surface area contributed by atoms with Gasteiger partial charge in [-0.25, -0.2) is 4.98 Å². The first-order valence-electron chi connectivity index (χ1n) is 9.28. The van der Waals surface area contributed by atoms with Crippen molar-refractivity contribution in [3.63, 3.8) is 0 Å². The molecule has 0 radical (unpaired) electrons. The molecule has 1 heterocycles. The summed E-state index contributed by atoms with van der Waals surface area (Å²) in [5, 5.41) is 3.53. The summed E-state index contributed by atoms with van der Waals surface area (Å²) in [5.74, 6) is 1.64. The van der Waals surface area contributed by atoms with Crippen molar-refractivity contribution in [2.75, 3.05) is 16.8 Å². The standard InChI is InChI=1S/C22H24N4/c1-3-26(19-11-7-8-16(2)14-19)22-24-20(17-9-5-4-6-10-17)15-21(25-22)23-18-12-13-18/h4-11,14-15,18H,3,12-13H2,1-2H3,(H,23,24,25). The molecular weight excluding hydrogens is 320 g/mol. The minimum atomic E-state index is 0.551. The Morgan fingerprint density at radius 3 is 2.50 bits per heavy atom. The predicted molar refractivity (Wildman–Crippen MR) is 108 cm³/mol. The Labute approximate surface area is 154 Å². The zero-order valence-corrected chi connectivity index (χ0v) is 15.3. The maximum Gasteiger partial charge on any atom is 0.232 e. The van der Waals surface area contributed by atoms with Crippen LogP contribution in [0.4, 0.5) is 17.5 Å². The highest BCUT2D eigenvalue weighted by atomic mass is 15.3. The Hall–Kier alpha value is -2.88. The Bertz CT molecular complexity index is 888. The van der Waals surface area contributed by atoms with Crippen LogP contribution in [0.1, 0.15) is 25.3 Å². The van der Waals surface area contributed by atoms with Gasteiger partial charge in [0, 0.05) is 29.9 Å². The van der Waals surface area contributed by atoms with Crippen molar-refractivity contribution < 1.29 is 0 Å². The number of hydrogen-bond acceptors (Lipinski definition) is 4. The van der Waals surface area contributed by atoms with Gasteiger partial charge in [0.05, 0.1) is 5.69 Å². The second kappa shape index (κ2) is 7.16. The molecule has 0 bridgehead atoms. The smallest absolute Gasteiger partial charge is 0.232 e. The van der Waals surface area contributed by atoms with Crippen molar-refractivity contribution in [3.8, 4) is 11.3 Å². The van der Waals surface area contributed by atoms with Gasteiger partial charge in [-0.2, -0.15) is 4.98 Å². The SMILES string of the molecule is CCN(c1cccc(C)c1)c1nc(NC2CC2)cc(-c2ccccc2)n1. The number of aryl methyl sites for hydroxylation is 1. The molecule has 132 valence electrons. The lowest BCUT2D eigenvalue weighted by atomic mass is 10.1. The van der Waals surface area contributed by atoms with Crippen molar-refractivity contribution in [1.82, 2.24) is 9.97 Å². The van der Waals surface area contributed by atoms with Crippen LogP contribution in [-0.4, -0.2) is 22.6 Å². The van der Waals surface area contributed by atoms with Crippen molar-refractivity contribution in [2.45, 2.75) is 32.7 Å². The fourth-order valence-electron chi connectivity index (χ4n) is 3.06. The highest BCUT2D eigenvalue weighted by Gasteiger charge is 2.22. The van der Waals surface area contributed by atoms with E-state index >= 15 is 0 Å². The van der Waals surface area contributed by atoms with Crippen LogP contribution in [0, 0.1) is 6.92 Å². The Kier molecular flexibility index (Phi) is 4.57. The zero-order valence-electron chi connectivity index (χ0n) is 15.3. The lowest BCUT2D eigenvalue weighted by Gasteiger charge is -2.23. The Balaban J connectivity index is 1.78. The third kappa shape index (κ3) is 3.69. The van der Waals surface area contributed by atoms with Crippen LogP contribution in [0.2, 0.25) is 0 Å². The van der Waals surface area contributed by atoms with E-state index in [2.05, 4.69) is 66.5 Å². The molecule has 1 saturated carbocycles. The summed E-state index contributed by atoms with van der Waals surface area (Å²) in [7, 11) is 0. The summed E-state index contributed by atoms with van der Waals surface area (Å²) in [6.07, 6.45) is 2.44. The summed E-state index contributed by atoms with van der Waals surface area (Å²) in [6.45, 7) is 5.05. The number of anilines is 3. The Morgan fingerprint density at radius 1 is 1.00 bits per heavy atom. The summed E-state index contributed by atoms with van der Waals surface area (Å²) in [4.78, 5) is 11.9.